The number of amides is 2. The van der Waals surface area contributed by atoms with Crippen LogP contribution in [0.5, 0.6) is 0 Å². The van der Waals surface area contributed by atoms with Gasteiger partial charge in [-0.3, -0.25) is 0 Å². The quantitative estimate of drug-likeness (QED) is 0.850. The lowest BCUT2D eigenvalue weighted by Crippen LogP contribution is -2.42. The molecular weight excluding hydrogens is 302 g/mol. The van der Waals surface area contributed by atoms with Crippen LogP contribution in [0.25, 0.3) is 11.4 Å². The van der Waals surface area contributed by atoms with E-state index < -0.39 is 0 Å². The molecule has 0 radical (unpaired) electrons. The number of carbonyl (C=O) groups is 1. The summed E-state index contributed by atoms with van der Waals surface area (Å²) in [6, 6.07) is 10.0. The summed E-state index contributed by atoms with van der Waals surface area (Å²) in [5, 5.41) is 0. The molecule has 0 saturated carbocycles. The fraction of sp³-hybridized carbons (Fsp3) is 0.389. The van der Waals surface area contributed by atoms with Gasteiger partial charge in [0.05, 0.1) is 12.2 Å². The number of urea groups is 1. The van der Waals surface area contributed by atoms with Crippen LogP contribution < -0.4 is 4.90 Å². The van der Waals surface area contributed by atoms with E-state index in [4.69, 9.17) is 9.97 Å². The summed E-state index contributed by atoms with van der Waals surface area (Å²) in [6.07, 6.45) is 0.748. The van der Waals surface area contributed by atoms with E-state index in [-0.39, 0.29) is 6.03 Å². The first-order valence-electron chi connectivity index (χ1n) is 8.06. The molecule has 126 valence electrons. The molecule has 1 aliphatic heterocycles. The normalized spacial score (nSPS) is 13.4. The second kappa shape index (κ2) is 6.47. The van der Waals surface area contributed by atoms with Gasteiger partial charge in [0, 0.05) is 52.3 Å². The van der Waals surface area contributed by atoms with Crippen LogP contribution in [0.3, 0.4) is 0 Å². The second-order valence-electron chi connectivity index (χ2n) is 6.41. The molecule has 2 amide bonds. The van der Waals surface area contributed by atoms with Crippen molar-refractivity contribution in [2.24, 2.45) is 0 Å². The van der Waals surface area contributed by atoms with Crippen LogP contribution in [0.4, 0.5) is 10.6 Å². The van der Waals surface area contributed by atoms with Crippen molar-refractivity contribution in [3.05, 3.63) is 41.6 Å². The van der Waals surface area contributed by atoms with Crippen molar-refractivity contribution in [2.45, 2.75) is 13.0 Å². The molecule has 0 spiro atoms. The summed E-state index contributed by atoms with van der Waals surface area (Å²) in [7, 11) is 7.51. The minimum atomic E-state index is 0.0255. The van der Waals surface area contributed by atoms with Gasteiger partial charge < -0.3 is 14.7 Å². The second-order valence-corrected chi connectivity index (χ2v) is 6.41. The molecule has 0 atom stereocenters. The van der Waals surface area contributed by atoms with Crippen LogP contribution in [0.2, 0.25) is 0 Å². The Balaban J connectivity index is 2.02. The van der Waals surface area contributed by atoms with Gasteiger partial charge >= 0.3 is 6.03 Å². The Morgan fingerprint density at radius 1 is 1.08 bits per heavy atom. The largest absolute Gasteiger partial charge is 0.362 e. The Labute approximate surface area is 142 Å². The van der Waals surface area contributed by atoms with Crippen molar-refractivity contribution in [3.63, 3.8) is 0 Å². The maximum absolute atomic E-state index is 12.3. The van der Waals surface area contributed by atoms with Crippen LogP contribution in [-0.2, 0) is 13.0 Å². The highest BCUT2D eigenvalue weighted by atomic mass is 16.2. The van der Waals surface area contributed by atoms with Crippen molar-refractivity contribution in [2.75, 3.05) is 39.6 Å². The number of nitrogens with zero attached hydrogens (tertiary/aromatic N) is 5. The van der Waals surface area contributed by atoms with Gasteiger partial charge in [0.2, 0.25) is 0 Å². The monoisotopic (exact) mass is 325 g/mol. The maximum atomic E-state index is 12.3. The number of carbonyl (C=O) groups excluding carboxylic acids is 1. The molecule has 2 heterocycles. The average Bonchev–Trinajstić information content (AvgIpc) is 2.60. The van der Waals surface area contributed by atoms with Crippen LogP contribution in [0.15, 0.2) is 30.3 Å². The summed E-state index contributed by atoms with van der Waals surface area (Å²) in [6.45, 7) is 1.23. The average molecular weight is 325 g/mol. The fourth-order valence-corrected chi connectivity index (χ4v) is 2.93. The number of hydrogen-bond donors (Lipinski definition) is 0. The standard InChI is InChI=1S/C18H23N5O/c1-21(2)17-14-12-23(18(24)22(3)4)11-10-15(14)19-16(20-17)13-8-6-5-7-9-13/h5-9H,10-12H2,1-4H3. The van der Waals surface area contributed by atoms with E-state index in [1.165, 1.54) is 0 Å². The van der Waals surface area contributed by atoms with E-state index in [1.807, 2.05) is 54.2 Å². The van der Waals surface area contributed by atoms with Gasteiger partial charge in [-0.2, -0.15) is 0 Å². The lowest BCUT2D eigenvalue weighted by atomic mass is 10.1. The Bertz CT molecular complexity index is 743. The zero-order valence-corrected chi connectivity index (χ0v) is 14.7. The zero-order valence-electron chi connectivity index (χ0n) is 14.7. The van der Waals surface area contributed by atoms with E-state index >= 15 is 0 Å². The highest BCUT2D eigenvalue weighted by molar-refractivity contribution is 5.74. The number of hydrogen-bond acceptors (Lipinski definition) is 4. The van der Waals surface area contributed by atoms with Crippen LogP contribution in [-0.4, -0.2) is 60.5 Å². The lowest BCUT2D eigenvalue weighted by molar-refractivity contribution is 0.165. The Kier molecular flexibility index (Phi) is 4.38. The molecule has 0 bridgehead atoms. The van der Waals surface area contributed by atoms with E-state index in [0.717, 1.165) is 34.9 Å². The lowest BCUT2D eigenvalue weighted by Gasteiger charge is -2.32. The minimum absolute atomic E-state index is 0.0255. The maximum Gasteiger partial charge on any atom is 0.319 e. The van der Waals surface area contributed by atoms with Gasteiger partial charge in [0.25, 0.3) is 0 Å². The SMILES string of the molecule is CN(C)C(=O)N1CCc2nc(-c3ccccc3)nc(N(C)C)c2C1. The van der Waals surface area contributed by atoms with Gasteiger partial charge in [-0.25, -0.2) is 14.8 Å². The molecule has 24 heavy (non-hydrogen) atoms. The molecule has 3 rings (SSSR count). The highest BCUT2D eigenvalue weighted by Gasteiger charge is 2.27. The summed E-state index contributed by atoms with van der Waals surface area (Å²) >= 11 is 0. The van der Waals surface area contributed by atoms with Gasteiger partial charge in [0.15, 0.2) is 5.82 Å². The fourth-order valence-electron chi connectivity index (χ4n) is 2.93. The Morgan fingerprint density at radius 2 is 1.79 bits per heavy atom. The minimum Gasteiger partial charge on any atom is -0.362 e. The highest BCUT2D eigenvalue weighted by Crippen LogP contribution is 2.28. The third-order valence-electron chi connectivity index (χ3n) is 4.15. The Morgan fingerprint density at radius 3 is 2.42 bits per heavy atom. The number of aromatic nitrogens is 2. The first-order chi connectivity index (χ1) is 11.5. The molecule has 0 fully saturated rings. The van der Waals surface area contributed by atoms with Crippen molar-refractivity contribution >= 4 is 11.8 Å². The van der Waals surface area contributed by atoms with Crippen LogP contribution in [0.1, 0.15) is 11.3 Å². The topological polar surface area (TPSA) is 52.6 Å². The van der Waals surface area contributed by atoms with Crippen LogP contribution in [0, 0.1) is 0 Å². The van der Waals surface area contributed by atoms with Gasteiger partial charge in [-0.15, -0.1) is 0 Å². The number of fused-ring (bicyclic) bond motifs is 1. The molecule has 6 heteroatoms. The first-order valence-corrected chi connectivity index (χ1v) is 8.06. The van der Waals surface area contributed by atoms with Crippen LogP contribution >= 0.6 is 0 Å². The summed E-state index contributed by atoms with van der Waals surface area (Å²) < 4.78 is 0. The smallest absolute Gasteiger partial charge is 0.319 e. The zero-order chi connectivity index (χ0) is 17.3. The van der Waals surface area contributed by atoms with Gasteiger partial charge in [-0.05, 0) is 0 Å². The summed E-state index contributed by atoms with van der Waals surface area (Å²) in [4.78, 5) is 27.3. The van der Waals surface area contributed by atoms with Crippen molar-refractivity contribution in [1.29, 1.82) is 0 Å². The molecular formula is C18H23N5O. The summed E-state index contributed by atoms with van der Waals surface area (Å²) in [5.74, 6) is 1.63. The molecule has 6 nitrogen and oxygen atoms in total. The molecule has 0 aliphatic carbocycles. The van der Waals surface area contributed by atoms with E-state index in [0.29, 0.717) is 13.1 Å². The number of rotatable bonds is 2. The Hall–Kier alpha value is -2.63. The molecule has 1 aliphatic rings. The van der Waals surface area contributed by atoms with E-state index in [2.05, 4.69) is 0 Å². The predicted molar refractivity (Wildman–Crippen MR) is 95.0 cm³/mol. The molecule has 0 saturated heterocycles. The molecule has 0 unspecified atom stereocenters. The molecule has 1 aromatic heterocycles. The number of anilines is 1. The van der Waals surface area contributed by atoms with Gasteiger partial charge in [0.1, 0.15) is 5.82 Å². The first kappa shape index (κ1) is 16.2. The van der Waals surface area contributed by atoms with Crippen molar-refractivity contribution in [3.8, 4) is 11.4 Å². The summed E-state index contributed by atoms with van der Waals surface area (Å²) in [5.41, 5.74) is 3.09. The molecule has 0 N–H and O–H groups in total. The third-order valence-corrected chi connectivity index (χ3v) is 4.15. The van der Waals surface area contributed by atoms with E-state index in [1.54, 1.807) is 19.0 Å². The van der Waals surface area contributed by atoms with Crippen molar-refractivity contribution < 1.29 is 4.79 Å². The molecule has 1 aromatic carbocycles. The molecule has 2 aromatic rings. The third kappa shape index (κ3) is 3.04. The number of benzene rings is 1. The predicted octanol–water partition coefficient (Wildman–Crippen LogP) is 2.25. The van der Waals surface area contributed by atoms with E-state index in [9.17, 15) is 4.79 Å². The van der Waals surface area contributed by atoms with Crippen molar-refractivity contribution in [1.82, 2.24) is 19.8 Å². The van der Waals surface area contributed by atoms with Gasteiger partial charge in [-0.1, -0.05) is 30.3 Å².